The van der Waals surface area contributed by atoms with Gasteiger partial charge in [0.25, 0.3) is 0 Å². The van der Waals surface area contributed by atoms with Crippen molar-refractivity contribution in [3.8, 4) is 0 Å². The first-order valence-electron chi connectivity index (χ1n) is 5.20. The lowest BCUT2D eigenvalue weighted by Gasteiger charge is -2.28. The summed E-state index contributed by atoms with van der Waals surface area (Å²) in [6.45, 7) is 2.13. The van der Waals surface area contributed by atoms with Gasteiger partial charge in [0.1, 0.15) is 0 Å². The van der Waals surface area contributed by atoms with Gasteiger partial charge in [0.2, 0.25) is 0 Å². The molecule has 0 saturated heterocycles. The van der Waals surface area contributed by atoms with Crippen molar-refractivity contribution >= 4 is 14.4 Å². The van der Waals surface area contributed by atoms with E-state index in [1.165, 1.54) is 0 Å². The maximum Gasteiger partial charge on any atom is 0.456 e. The number of benzene rings is 1. The zero-order chi connectivity index (χ0) is 11.1. The van der Waals surface area contributed by atoms with E-state index >= 15 is 0 Å². The third kappa shape index (κ3) is 3.34. The van der Waals surface area contributed by atoms with Gasteiger partial charge < -0.3 is 13.8 Å². The smallest absolute Gasteiger partial charge is 0.382 e. The Kier molecular flexibility index (Phi) is 4.81. The first-order chi connectivity index (χ1) is 7.26. The molecule has 0 aliphatic carbocycles. The van der Waals surface area contributed by atoms with Crippen LogP contribution in [0.25, 0.3) is 0 Å². The van der Waals surface area contributed by atoms with Crippen LogP contribution in [0.5, 0.6) is 0 Å². The molecule has 1 rings (SSSR count). The fourth-order valence-electron chi connectivity index (χ4n) is 1.52. The summed E-state index contributed by atoms with van der Waals surface area (Å²) in [4.78, 5) is 3.39. The van der Waals surface area contributed by atoms with Gasteiger partial charge in [0, 0.05) is 26.0 Å². The number of nitrogens with one attached hydrogen (secondary N) is 1. The van der Waals surface area contributed by atoms with E-state index in [9.17, 15) is 0 Å². The van der Waals surface area contributed by atoms with Crippen LogP contribution in [0.4, 0.5) is 5.69 Å². The highest BCUT2D eigenvalue weighted by Crippen LogP contribution is 2.18. The topological polar surface area (TPSA) is 30.5 Å². The van der Waals surface area contributed by atoms with Gasteiger partial charge in [0.15, 0.2) is 0 Å². The van der Waals surface area contributed by atoms with Gasteiger partial charge in [-0.3, -0.25) is 0 Å². The van der Waals surface area contributed by atoms with Crippen LogP contribution in [0.3, 0.4) is 0 Å². The Bertz CT molecular complexity index is 275. The molecule has 0 atom stereocenters. The van der Waals surface area contributed by atoms with Crippen molar-refractivity contribution in [1.82, 2.24) is 0 Å². The van der Waals surface area contributed by atoms with Crippen LogP contribution >= 0.6 is 0 Å². The van der Waals surface area contributed by atoms with Crippen LogP contribution in [0, 0.1) is 0 Å². The molecule has 0 fully saturated rings. The van der Waals surface area contributed by atoms with Crippen LogP contribution in [-0.2, 0) is 8.85 Å². The van der Waals surface area contributed by atoms with E-state index in [0.717, 1.165) is 18.2 Å². The second-order valence-electron chi connectivity index (χ2n) is 3.40. The van der Waals surface area contributed by atoms with Gasteiger partial charge in [-0.25, -0.2) is 0 Å². The average Bonchev–Trinajstić information content (AvgIpc) is 2.30. The zero-order valence-corrected chi connectivity index (χ0v) is 10.6. The van der Waals surface area contributed by atoms with E-state index < -0.39 is 8.72 Å². The highest BCUT2D eigenvalue weighted by Gasteiger charge is 2.35. The SMILES string of the molecule is CCC[Si](Nc1ccccc1)(OC)OC. The van der Waals surface area contributed by atoms with Crippen molar-refractivity contribution in [2.75, 3.05) is 19.2 Å². The van der Waals surface area contributed by atoms with E-state index in [2.05, 4.69) is 11.9 Å². The quantitative estimate of drug-likeness (QED) is 0.755. The van der Waals surface area contributed by atoms with Crippen LogP contribution in [0.15, 0.2) is 30.3 Å². The van der Waals surface area contributed by atoms with Gasteiger partial charge in [-0.05, 0) is 12.1 Å². The summed E-state index contributed by atoms with van der Waals surface area (Å²) in [5.41, 5.74) is 1.06. The molecule has 84 valence electrons. The Hall–Kier alpha value is -0.843. The third-order valence-electron chi connectivity index (χ3n) is 2.35. The van der Waals surface area contributed by atoms with E-state index in [-0.39, 0.29) is 0 Å². The monoisotopic (exact) mass is 225 g/mol. The molecule has 0 heterocycles. The molecule has 0 bridgehead atoms. The van der Waals surface area contributed by atoms with Crippen LogP contribution in [0.2, 0.25) is 6.04 Å². The van der Waals surface area contributed by atoms with Crippen molar-refractivity contribution in [1.29, 1.82) is 0 Å². The van der Waals surface area contributed by atoms with E-state index in [1.54, 1.807) is 14.2 Å². The van der Waals surface area contributed by atoms with Gasteiger partial charge in [-0.15, -0.1) is 0 Å². The van der Waals surface area contributed by atoms with Crippen molar-refractivity contribution in [3.05, 3.63) is 30.3 Å². The van der Waals surface area contributed by atoms with Gasteiger partial charge >= 0.3 is 8.72 Å². The molecule has 1 aromatic rings. The normalized spacial score (nSPS) is 11.4. The van der Waals surface area contributed by atoms with Crippen LogP contribution in [-0.4, -0.2) is 22.9 Å². The van der Waals surface area contributed by atoms with Gasteiger partial charge in [-0.2, -0.15) is 0 Å². The minimum Gasteiger partial charge on any atom is -0.382 e. The van der Waals surface area contributed by atoms with E-state index in [1.807, 2.05) is 30.3 Å². The standard InChI is InChI=1S/C11H19NO2Si/c1-4-10-15(13-2,14-3)12-11-8-6-5-7-9-11/h5-9,12H,4,10H2,1-3H3. The third-order valence-corrected chi connectivity index (χ3v) is 5.49. The number of para-hydroxylation sites is 1. The number of rotatable bonds is 6. The predicted octanol–water partition coefficient (Wildman–Crippen LogP) is 2.74. The molecule has 0 aromatic heterocycles. The number of anilines is 1. The molecular weight excluding hydrogens is 206 g/mol. The summed E-state index contributed by atoms with van der Waals surface area (Å²) in [7, 11) is 1.19. The minimum atomic E-state index is -2.23. The van der Waals surface area contributed by atoms with Crippen LogP contribution in [0.1, 0.15) is 13.3 Å². The van der Waals surface area contributed by atoms with Crippen LogP contribution < -0.4 is 4.98 Å². The fourth-order valence-corrected chi connectivity index (χ4v) is 3.69. The van der Waals surface area contributed by atoms with Crippen molar-refractivity contribution in [2.45, 2.75) is 19.4 Å². The lowest BCUT2D eigenvalue weighted by Crippen LogP contribution is -2.48. The van der Waals surface area contributed by atoms with Crippen molar-refractivity contribution in [2.24, 2.45) is 0 Å². The first kappa shape index (κ1) is 12.2. The minimum absolute atomic E-state index is 0.939. The highest BCUT2D eigenvalue weighted by atomic mass is 28.4. The molecule has 0 aliphatic heterocycles. The Balaban J connectivity index is 2.74. The summed E-state index contributed by atoms with van der Waals surface area (Å²) < 4.78 is 11.1. The fraction of sp³-hybridized carbons (Fsp3) is 0.455. The average molecular weight is 225 g/mol. The Morgan fingerprint density at radius 1 is 1.13 bits per heavy atom. The summed E-state index contributed by atoms with van der Waals surface area (Å²) >= 11 is 0. The maximum absolute atomic E-state index is 5.54. The predicted molar refractivity (Wildman–Crippen MR) is 64.9 cm³/mol. The molecule has 4 heteroatoms. The highest BCUT2D eigenvalue weighted by molar-refractivity contribution is 6.70. The summed E-state index contributed by atoms with van der Waals surface area (Å²) in [5.74, 6) is 0. The summed E-state index contributed by atoms with van der Waals surface area (Å²) in [6.07, 6.45) is 1.05. The summed E-state index contributed by atoms with van der Waals surface area (Å²) in [5, 5.41) is 0. The van der Waals surface area contributed by atoms with E-state index in [0.29, 0.717) is 0 Å². The first-order valence-corrected chi connectivity index (χ1v) is 7.22. The molecule has 0 unspecified atom stereocenters. The lowest BCUT2D eigenvalue weighted by atomic mass is 10.3. The molecule has 0 spiro atoms. The van der Waals surface area contributed by atoms with Gasteiger partial charge in [0.05, 0.1) is 0 Å². The molecular formula is C11H19NO2Si. The molecule has 1 aromatic carbocycles. The Morgan fingerprint density at radius 2 is 1.73 bits per heavy atom. The molecule has 1 N–H and O–H groups in total. The molecule has 3 nitrogen and oxygen atoms in total. The second-order valence-corrected chi connectivity index (χ2v) is 6.47. The maximum atomic E-state index is 5.54. The van der Waals surface area contributed by atoms with E-state index in [4.69, 9.17) is 8.85 Å². The molecule has 0 radical (unpaired) electrons. The largest absolute Gasteiger partial charge is 0.456 e. The molecule has 0 aliphatic rings. The zero-order valence-electron chi connectivity index (χ0n) is 9.62. The Morgan fingerprint density at radius 3 is 2.20 bits per heavy atom. The van der Waals surface area contributed by atoms with Crippen molar-refractivity contribution in [3.63, 3.8) is 0 Å². The Labute approximate surface area is 92.7 Å². The van der Waals surface area contributed by atoms with Gasteiger partial charge in [-0.1, -0.05) is 31.5 Å². The number of hydrogen-bond acceptors (Lipinski definition) is 3. The summed E-state index contributed by atoms with van der Waals surface area (Å²) in [6, 6.07) is 11.0. The lowest BCUT2D eigenvalue weighted by molar-refractivity contribution is 0.249. The van der Waals surface area contributed by atoms with Crippen molar-refractivity contribution < 1.29 is 8.85 Å². The molecule has 0 amide bonds. The molecule has 15 heavy (non-hydrogen) atoms. The molecule has 0 saturated carbocycles. The second kappa shape index (κ2) is 5.90. The number of hydrogen-bond donors (Lipinski definition) is 1.